The lowest BCUT2D eigenvalue weighted by Gasteiger charge is -2.14. The lowest BCUT2D eigenvalue weighted by atomic mass is 10.1. The monoisotopic (exact) mass is 376 g/mol. The van der Waals surface area contributed by atoms with E-state index >= 15 is 0 Å². The summed E-state index contributed by atoms with van der Waals surface area (Å²) >= 11 is 0. The van der Waals surface area contributed by atoms with Gasteiger partial charge in [0.05, 0.1) is 12.1 Å². The van der Waals surface area contributed by atoms with Gasteiger partial charge in [-0.2, -0.15) is 13.2 Å². The molecule has 0 bridgehead atoms. The second-order valence-corrected chi connectivity index (χ2v) is 5.89. The third kappa shape index (κ3) is 7.71. The zero-order chi connectivity index (χ0) is 19.7. The first-order valence-corrected chi connectivity index (χ1v) is 8.30. The van der Waals surface area contributed by atoms with Crippen LogP contribution in [-0.4, -0.2) is 31.0 Å². The highest BCUT2D eigenvalue weighted by Crippen LogP contribution is 2.32. The molecule has 9 heteroatoms. The number of carbonyl (C=O) groups is 1. The van der Waals surface area contributed by atoms with E-state index in [1.54, 1.807) is 0 Å². The van der Waals surface area contributed by atoms with Crippen molar-refractivity contribution >= 4 is 11.9 Å². The average Bonchev–Trinajstić information content (AvgIpc) is 2.51. The van der Waals surface area contributed by atoms with Crippen molar-refractivity contribution in [2.24, 2.45) is 4.99 Å². The van der Waals surface area contributed by atoms with Crippen molar-refractivity contribution < 1.29 is 22.4 Å². The molecule has 0 fully saturated rings. The number of nitrogens with zero attached hydrogens (tertiary/aromatic N) is 1. The Balaban J connectivity index is 2.77. The molecule has 1 rings (SSSR count). The third-order valence-corrected chi connectivity index (χ3v) is 3.22. The highest BCUT2D eigenvalue weighted by Gasteiger charge is 2.33. The van der Waals surface area contributed by atoms with E-state index in [4.69, 9.17) is 0 Å². The molecule has 0 radical (unpaired) electrons. The Labute approximate surface area is 150 Å². The largest absolute Gasteiger partial charge is 0.416 e. The lowest BCUT2D eigenvalue weighted by molar-refractivity contribution is -0.138. The number of hydrogen-bond acceptors (Lipinski definition) is 2. The maximum atomic E-state index is 13.1. The summed E-state index contributed by atoms with van der Waals surface area (Å²) in [6.45, 7) is 6.00. The molecule has 3 N–H and O–H groups in total. The van der Waals surface area contributed by atoms with Crippen molar-refractivity contribution in [1.29, 1.82) is 0 Å². The van der Waals surface area contributed by atoms with Crippen molar-refractivity contribution in [1.82, 2.24) is 16.0 Å². The second kappa shape index (κ2) is 9.98. The fourth-order valence-electron chi connectivity index (χ4n) is 2.14. The van der Waals surface area contributed by atoms with Crippen molar-refractivity contribution in [3.05, 3.63) is 35.1 Å². The predicted molar refractivity (Wildman–Crippen MR) is 92.1 cm³/mol. The second-order valence-electron chi connectivity index (χ2n) is 5.89. The summed E-state index contributed by atoms with van der Waals surface area (Å²) in [6, 6.07) is 2.53. The molecule has 26 heavy (non-hydrogen) atoms. The van der Waals surface area contributed by atoms with Gasteiger partial charge in [0, 0.05) is 25.6 Å². The SMILES string of the molecule is CCNC(=NCc1ccc(F)cc1C(F)(F)F)NCCC(=O)NC(C)C. The number of amides is 1. The van der Waals surface area contributed by atoms with E-state index < -0.39 is 17.6 Å². The number of guanidine groups is 1. The van der Waals surface area contributed by atoms with Crippen LogP contribution in [0.1, 0.15) is 38.3 Å². The molecule has 0 saturated heterocycles. The zero-order valence-corrected chi connectivity index (χ0v) is 15.0. The van der Waals surface area contributed by atoms with Gasteiger partial charge in [-0.3, -0.25) is 4.79 Å². The fraction of sp³-hybridized carbons (Fsp3) is 0.529. The number of rotatable bonds is 7. The van der Waals surface area contributed by atoms with Gasteiger partial charge in [0.15, 0.2) is 5.96 Å². The van der Waals surface area contributed by atoms with E-state index in [1.165, 1.54) is 0 Å². The Morgan fingerprint density at radius 1 is 1.23 bits per heavy atom. The molecule has 146 valence electrons. The predicted octanol–water partition coefficient (Wildman–Crippen LogP) is 2.81. The number of alkyl halides is 3. The first-order chi connectivity index (χ1) is 12.1. The van der Waals surface area contributed by atoms with Crippen LogP contribution in [0.3, 0.4) is 0 Å². The number of aliphatic imine (C=N–C) groups is 1. The number of carbonyl (C=O) groups excluding carboxylic acids is 1. The van der Waals surface area contributed by atoms with E-state index in [-0.39, 0.29) is 43.0 Å². The average molecular weight is 376 g/mol. The van der Waals surface area contributed by atoms with E-state index in [1.807, 2.05) is 20.8 Å². The molecule has 0 saturated carbocycles. The zero-order valence-electron chi connectivity index (χ0n) is 15.0. The van der Waals surface area contributed by atoms with Gasteiger partial charge in [-0.25, -0.2) is 9.38 Å². The molecule has 0 aliphatic carbocycles. The normalized spacial score (nSPS) is 12.2. The van der Waals surface area contributed by atoms with E-state index in [0.29, 0.717) is 12.6 Å². The molecule has 0 unspecified atom stereocenters. The standard InChI is InChI=1S/C17H24F4N4O/c1-4-22-16(23-8-7-15(26)25-11(2)3)24-10-12-5-6-13(18)9-14(12)17(19,20)21/h5-6,9,11H,4,7-8,10H2,1-3H3,(H,25,26)(H2,22,23,24). The van der Waals surface area contributed by atoms with Crippen LogP contribution in [-0.2, 0) is 17.5 Å². The first kappa shape index (κ1) is 21.7. The fourth-order valence-corrected chi connectivity index (χ4v) is 2.14. The van der Waals surface area contributed by atoms with Crippen LogP contribution in [0.15, 0.2) is 23.2 Å². The van der Waals surface area contributed by atoms with Crippen molar-refractivity contribution in [3.63, 3.8) is 0 Å². The molecule has 0 heterocycles. The molecule has 0 aromatic heterocycles. The van der Waals surface area contributed by atoms with E-state index in [9.17, 15) is 22.4 Å². The van der Waals surface area contributed by atoms with E-state index in [0.717, 1.165) is 12.1 Å². The molecule has 0 spiro atoms. The van der Waals surface area contributed by atoms with Gasteiger partial charge in [-0.15, -0.1) is 0 Å². The molecule has 1 aromatic rings. The third-order valence-electron chi connectivity index (χ3n) is 3.22. The van der Waals surface area contributed by atoms with Crippen molar-refractivity contribution in [2.45, 2.75) is 46.0 Å². The Hall–Kier alpha value is -2.32. The molecular formula is C17H24F4N4O. The van der Waals surface area contributed by atoms with Gasteiger partial charge in [0.2, 0.25) is 5.91 Å². The van der Waals surface area contributed by atoms with Gasteiger partial charge in [-0.1, -0.05) is 6.07 Å². The van der Waals surface area contributed by atoms with Gasteiger partial charge < -0.3 is 16.0 Å². The maximum Gasteiger partial charge on any atom is 0.416 e. The van der Waals surface area contributed by atoms with Crippen molar-refractivity contribution in [3.8, 4) is 0 Å². The number of hydrogen-bond donors (Lipinski definition) is 3. The first-order valence-electron chi connectivity index (χ1n) is 8.30. The molecule has 1 amide bonds. The number of benzene rings is 1. The molecular weight excluding hydrogens is 352 g/mol. The van der Waals surface area contributed by atoms with Gasteiger partial charge in [0.1, 0.15) is 5.82 Å². The topological polar surface area (TPSA) is 65.5 Å². The summed E-state index contributed by atoms with van der Waals surface area (Å²) in [5, 5.41) is 8.51. The molecule has 1 aromatic carbocycles. The summed E-state index contributed by atoms with van der Waals surface area (Å²) in [7, 11) is 0. The number of nitrogens with one attached hydrogen (secondary N) is 3. The Bertz CT molecular complexity index is 630. The van der Waals surface area contributed by atoms with Gasteiger partial charge >= 0.3 is 6.18 Å². The lowest BCUT2D eigenvalue weighted by Crippen LogP contribution is -2.40. The minimum absolute atomic E-state index is 0.0312. The van der Waals surface area contributed by atoms with Gasteiger partial charge in [0.25, 0.3) is 0 Å². The van der Waals surface area contributed by atoms with Gasteiger partial charge in [-0.05, 0) is 38.5 Å². The smallest absolute Gasteiger partial charge is 0.357 e. The molecule has 5 nitrogen and oxygen atoms in total. The van der Waals surface area contributed by atoms with Crippen LogP contribution in [0, 0.1) is 5.82 Å². The van der Waals surface area contributed by atoms with Crippen LogP contribution in [0.4, 0.5) is 17.6 Å². The quantitative estimate of drug-likeness (QED) is 0.390. The summed E-state index contributed by atoms with van der Waals surface area (Å²) in [5.74, 6) is -0.810. The highest BCUT2D eigenvalue weighted by atomic mass is 19.4. The Morgan fingerprint density at radius 2 is 1.92 bits per heavy atom. The summed E-state index contributed by atoms with van der Waals surface area (Å²) < 4.78 is 52.1. The Kier molecular flexibility index (Phi) is 8.34. The maximum absolute atomic E-state index is 13.1. The Morgan fingerprint density at radius 3 is 2.50 bits per heavy atom. The van der Waals surface area contributed by atoms with E-state index in [2.05, 4.69) is 20.9 Å². The van der Waals surface area contributed by atoms with Crippen LogP contribution in [0.25, 0.3) is 0 Å². The summed E-state index contributed by atoms with van der Waals surface area (Å²) in [5.41, 5.74) is -1.18. The summed E-state index contributed by atoms with van der Waals surface area (Å²) in [4.78, 5) is 15.7. The molecule has 0 aliphatic rings. The van der Waals surface area contributed by atoms with Crippen molar-refractivity contribution in [2.75, 3.05) is 13.1 Å². The minimum Gasteiger partial charge on any atom is -0.357 e. The number of halogens is 4. The van der Waals surface area contributed by atoms with Crippen LogP contribution in [0.2, 0.25) is 0 Å². The molecule has 0 aliphatic heterocycles. The summed E-state index contributed by atoms with van der Waals surface area (Å²) in [6.07, 6.45) is -4.46. The van der Waals surface area contributed by atoms with Crippen LogP contribution in [0.5, 0.6) is 0 Å². The molecule has 0 atom stereocenters. The van der Waals surface area contributed by atoms with Crippen LogP contribution < -0.4 is 16.0 Å². The van der Waals surface area contributed by atoms with Crippen LogP contribution >= 0.6 is 0 Å². The minimum atomic E-state index is -4.66. The highest BCUT2D eigenvalue weighted by molar-refractivity contribution is 5.81.